The molecule has 3 aromatic heterocycles. The molecule has 1 unspecified atom stereocenters. The van der Waals surface area contributed by atoms with Gasteiger partial charge in [0.05, 0.1) is 43.3 Å². The summed E-state index contributed by atoms with van der Waals surface area (Å²) in [5, 5.41) is 22.7. The van der Waals surface area contributed by atoms with E-state index in [1.165, 1.54) is 5.69 Å². The van der Waals surface area contributed by atoms with Crippen LogP contribution in [-0.2, 0) is 16.0 Å². The highest BCUT2D eigenvalue weighted by atomic mass is 16.5. The summed E-state index contributed by atoms with van der Waals surface area (Å²) in [6, 6.07) is 2.34. The zero-order valence-electron chi connectivity index (χ0n) is 18.8. The minimum Gasteiger partial charge on any atom is -0.393 e. The van der Waals surface area contributed by atoms with Crippen LogP contribution in [0.3, 0.4) is 0 Å². The SMILES string of the molecule is COC[C@H](C)Nc1ncc2c(-c3cnn(CC4CCO4)c3)cc(C3CCC(O)CC3)n2n1. The Kier molecular flexibility index (Phi) is 6.12. The topological polar surface area (TPSA) is 98.7 Å². The predicted octanol–water partition coefficient (Wildman–Crippen LogP) is 2.85. The molecule has 0 bridgehead atoms. The molecular formula is C23H32N6O3. The summed E-state index contributed by atoms with van der Waals surface area (Å²) >= 11 is 0. The molecule has 1 saturated heterocycles. The molecule has 2 fully saturated rings. The molecule has 0 spiro atoms. The summed E-state index contributed by atoms with van der Waals surface area (Å²) < 4.78 is 14.8. The number of hydrogen-bond acceptors (Lipinski definition) is 7. The summed E-state index contributed by atoms with van der Waals surface area (Å²) in [5.41, 5.74) is 4.28. The second kappa shape index (κ2) is 9.17. The van der Waals surface area contributed by atoms with Gasteiger partial charge in [-0.15, -0.1) is 5.10 Å². The van der Waals surface area contributed by atoms with Crippen molar-refractivity contribution in [1.82, 2.24) is 24.4 Å². The summed E-state index contributed by atoms with van der Waals surface area (Å²) in [4.78, 5) is 4.58. The predicted molar refractivity (Wildman–Crippen MR) is 121 cm³/mol. The lowest BCUT2D eigenvalue weighted by atomic mass is 9.85. The van der Waals surface area contributed by atoms with Crippen molar-refractivity contribution in [3.63, 3.8) is 0 Å². The first-order valence-electron chi connectivity index (χ1n) is 11.6. The van der Waals surface area contributed by atoms with E-state index in [1.807, 2.05) is 28.5 Å². The van der Waals surface area contributed by atoms with E-state index in [0.29, 0.717) is 18.5 Å². The van der Waals surface area contributed by atoms with E-state index in [2.05, 4.69) is 27.7 Å². The van der Waals surface area contributed by atoms with Crippen LogP contribution >= 0.6 is 0 Å². The third-order valence-corrected chi connectivity index (χ3v) is 6.58. The first kappa shape index (κ1) is 21.4. The monoisotopic (exact) mass is 440 g/mol. The molecule has 5 rings (SSSR count). The second-order valence-corrected chi connectivity index (χ2v) is 9.10. The van der Waals surface area contributed by atoms with Crippen molar-refractivity contribution in [3.05, 3.63) is 30.4 Å². The highest BCUT2D eigenvalue weighted by Crippen LogP contribution is 2.37. The van der Waals surface area contributed by atoms with E-state index >= 15 is 0 Å². The fraction of sp³-hybridized carbons (Fsp3) is 0.609. The number of fused-ring (bicyclic) bond motifs is 1. The smallest absolute Gasteiger partial charge is 0.241 e. The lowest BCUT2D eigenvalue weighted by Gasteiger charge is -2.25. The largest absolute Gasteiger partial charge is 0.393 e. The Morgan fingerprint density at radius 2 is 2.06 bits per heavy atom. The molecule has 4 heterocycles. The van der Waals surface area contributed by atoms with Crippen LogP contribution < -0.4 is 5.32 Å². The number of nitrogens with zero attached hydrogens (tertiary/aromatic N) is 5. The Morgan fingerprint density at radius 1 is 1.25 bits per heavy atom. The number of nitrogens with one attached hydrogen (secondary N) is 1. The van der Waals surface area contributed by atoms with Gasteiger partial charge < -0.3 is 19.9 Å². The minimum absolute atomic E-state index is 0.104. The van der Waals surface area contributed by atoms with Crippen LogP contribution in [0.2, 0.25) is 0 Å². The van der Waals surface area contributed by atoms with Crippen LogP contribution in [0.1, 0.15) is 50.6 Å². The van der Waals surface area contributed by atoms with E-state index in [4.69, 9.17) is 14.6 Å². The highest BCUT2D eigenvalue weighted by Gasteiger charge is 2.26. The van der Waals surface area contributed by atoms with Gasteiger partial charge in [-0.2, -0.15) is 5.10 Å². The van der Waals surface area contributed by atoms with Crippen LogP contribution in [0.5, 0.6) is 0 Å². The van der Waals surface area contributed by atoms with Crippen LogP contribution in [0.4, 0.5) is 5.95 Å². The molecule has 2 atom stereocenters. The van der Waals surface area contributed by atoms with Gasteiger partial charge in [0.25, 0.3) is 0 Å². The maximum absolute atomic E-state index is 9.99. The first-order chi connectivity index (χ1) is 15.6. The fourth-order valence-electron chi connectivity index (χ4n) is 4.73. The van der Waals surface area contributed by atoms with E-state index < -0.39 is 0 Å². The van der Waals surface area contributed by atoms with E-state index in [0.717, 1.165) is 61.9 Å². The van der Waals surface area contributed by atoms with E-state index in [9.17, 15) is 5.11 Å². The van der Waals surface area contributed by atoms with Crippen molar-refractivity contribution in [1.29, 1.82) is 0 Å². The van der Waals surface area contributed by atoms with E-state index in [-0.39, 0.29) is 18.2 Å². The Labute approximate surface area is 187 Å². The first-order valence-corrected chi connectivity index (χ1v) is 11.6. The van der Waals surface area contributed by atoms with Gasteiger partial charge in [0.1, 0.15) is 0 Å². The normalized spacial score (nSPS) is 24.4. The number of aliphatic hydroxyl groups excluding tert-OH is 1. The molecule has 32 heavy (non-hydrogen) atoms. The number of rotatable bonds is 8. The number of aromatic nitrogens is 5. The highest BCUT2D eigenvalue weighted by molar-refractivity contribution is 5.81. The number of hydrogen-bond donors (Lipinski definition) is 2. The molecule has 2 aliphatic rings. The Bertz CT molecular complexity index is 1050. The van der Waals surface area contributed by atoms with Crippen molar-refractivity contribution in [2.75, 3.05) is 25.6 Å². The van der Waals surface area contributed by atoms with Crippen LogP contribution in [0, 0.1) is 0 Å². The summed E-state index contributed by atoms with van der Waals surface area (Å²) in [7, 11) is 1.69. The zero-order valence-corrected chi connectivity index (χ0v) is 18.8. The number of ether oxygens (including phenoxy) is 2. The van der Waals surface area contributed by atoms with Crippen molar-refractivity contribution >= 4 is 11.5 Å². The third-order valence-electron chi connectivity index (χ3n) is 6.58. The maximum atomic E-state index is 9.99. The van der Waals surface area contributed by atoms with Crippen molar-refractivity contribution < 1.29 is 14.6 Å². The third kappa shape index (κ3) is 4.37. The molecule has 3 aromatic rings. The van der Waals surface area contributed by atoms with Crippen molar-refractivity contribution in [2.45, 2.75) is 69.7 Å². The van der Waals surface area contributed by atoms with Gasteiger partial charge in [-0.1, -0.05) is 0 Å². The molecule has 0 aromatic carbocycles. The van der Waals surface area contributed by atoms with Gasteiger partial charge in [-0.05, 0) is 45.1 Å². The molecule has 1 aliphatic carbocycles. The van der Waals surface area contributed by atoms with Crippen molar-refractivity contribution in [2.24, 2.45) is 0 Å². The fourth-order valence-corrected chi connectivity index (χ4v) is 4.73. The van der Waals surface area contributed by atoms with E-state index in [1.54, 1.807) is 7.11 Å². The Morgan fingerprint density at radius 3 is 2.78 bits per heavy atom. The number of methoxy groups -OCH3 is 1. The molecular weight excluding hydrogens is 408 g/mol. The van der Waals surface area contributed by atoms with Gasteiger partial charge in [0.2, 0.25) is 5.95 Å². The average molecular weight is 441 g/mol. The molecule has 172 valence electrons. The Balaban J connectivity index is 1.49. The molecule has 9 nitrogen and oxygen atoms in total. The van der Waals surface area contributed by atoms with Crippen LogP contribution in [0.15, 0.2) is 24.7 Å². The molecule has 1 aliphatic heterocycles. The summed E-state index contributed by atoms with van der Waals surface area (Å²) in [6.45, 7) is 4.25. The lowest BCUT2D eigenvalue weighted by molar-refractivity contribution is -0.0609. The maximum Gasteiger partial charge on any atom is 0.241 e. The number of anilines is 1. The molecule has 9 heteroatoms. The molecule has 0 amide bonds. The minimum atomic E-state index is -0.189. The lowest BCUT2D eigenvalue weighted by Crippen LogP contribution is -2.31. The molecule has 1 saturated carbocycles. The number of aliphatic hydroxyl groups is 1. The van der Waals surface area contributed by atoms with Gasteiger partial charge in [-0.3, -0.25) is 4.68 Å². The van der Waals surface area contributed by atoms with Gasteiger partial charge >= 0.3 is 0 Å². The van der Waals surface area contributed by atoms with Gasteiger partial charge in [0, 0.05) is 48.7 Å². The zero-order chi connectivity index (χ0) is 22.1. The van der Waals surface area contributed by atoms with Crippen LogP contribution in [0.25, 0.3) is 16.6 Å². The van der Waals surface area contributed by atoms with Gasteiger partial charge in [0.15, 0.2) is 0 Å². The standard InChI is InChI=1S/C23H32N6O3/c1-15(14-31-2)26-23-24-11-22-20(17-10-25-28(12-17)13-19-7-8-32-19)9-21(29(22)27-23)16-3-5-18(30)6-4-16/h9-12,15-16,18-19,30H,3-8,13-14H2,1-2H3,(H,26,27)/t15-,16?,18?,19?/m0/s1. The summed E-state index contributed by atoms with van der Waals surface area (Å²) in [5.74, 6) is 0.941. The average Bonchev–Trinajstić information content (AvgIpc) is 3.36. The second-order valence-electron chi connectivity index (χ2n) is 9.10. The van der Waals surface area contributed by atoms with Crippen LogP contribution in [-0.4, -0.2) is 68.1 Å². The van der Waals surface area contributed by atoms with Gasteiger partial charge in [-0.25, -0.2) is 9.50 Å². The Hall–Kier alpha value is -2.49. The quantitative estimate of drug-likeness (QED) is 0.556. The molecule has 2 N–H and O–H groups in total. The summed E-state index contributed by atoms with van der Waals surface area (Å²) in [6.07, 6.45) is 10.6. The molecule has 0 radical (unpaired) electrons. The van der Waals surface area contributed by atoms with Crippen molar-refractivity contribution in [3.8, 4) is 11.1 Å².